The highest BCUT2D eigenvalue weighted by Crippen LogP contribution is 2.15. The minimum absolute atomic E-state index is 0.0469. The van der Waals surface area contributed by atoms with Crippen LogP contribution in [0.4, 0.5) is 0 Å². The fraction of sp³-hybridized carbons (Fsp3) is 0.286. The Hall–Kier alpha value is -3.35. The van der Waals surface area contributed by atoms with Crippen molar-refractivity contribution in [2.24, 2.45) is 0 Å². The number of hydrogen-bond donors (Lipinski definition) is 1. The Bertz CT molecular complexity index is 926. The Morgan fingerprint density at radius 1 is 1.11 bits per heavy atom. The van der Waals surface area contributed by atoms with Crippen molar-refractivity contribution >= 4 is 11.8 Å². The minimum Gasteiger partial charge on any atom is -0.459 e. The van der Waals surface area contributed by atoms with Gasteiger partial charge >= 0.3 is 0 Å². The van der Waals surface area contributed by atoms with Crippen molar-refractivity contribution in [2.45, 2.75) is 25.4 Å². The van der Waals surface area contributed by atoms with Crippen molar-refractivity contribution < 1.29 is 14.0 Å². The molecule has 0 aliphatic carbocycles. The molecule has 0 saturated carbocycles. The second-order valence-corrected chi connectivity index (χ2v) is 6.93. The van der Waals surface area contributed by atoms with Gasteiger partial charge in [-0.2, -0.15) is 5.10 Å². The van der Waals surface area contributed by atoms with Crippen LogP contribution in [0.2, 0.25) is 0 Å². The highest BCUT2D eigenvalue weighted by Gasteiger charge is 2.26. The van der Waals surface area contributed by atoms with Gasteiger partial charge in [0.15, 0.2) is 5.76 Å². The van der Waals surface area contributed by atoms with Crippen LogP contribution in [0.3, 0.4) is 0 Å². The van der Waals surface area contributed by atoms with Crippen LogP contribution >= 0.6 is 0 Å². The first-order valence-electron chi connectivity index (χ1n) is 9.39. The summed E-state index contributed by atoms with van der Waals surface area (Å²) in [7, 11) is 0. The van der Waals surface area contributed by atoms with E-state index in [-0.39, 0.29) is 17.9 Å². The lowest BCUT2D eigenvalue weighted by Crippen LogP contribution is -2.46. The number of rotatable bonds is 5. The SMILES string of the molecule is O=C(NC1CCN(C(=O)c2ccco2)CC1)c1cnn(Cc2ccccc2)c1. The first-order chi connectivity index (χ1) is 13.7. The molecule has 144 valence electrons. The Balaban J connectivity index is 1.28. The molecule has 0 spiro atoms. The molecule has 0 radical (unpaired) electrons. The monoisotopic (exact) mass is 378 g/mol. The summed E-state index contributed by atoms with van der Waals surface area (Å²) >= 11 is 0. The Morgan fingerprint density at radius 2 is 1.89 bits per heavy atom. The normalized spacial score (nSPS) is 14.8. The summed E-state index contributed by atoms with van der Waals surface area (Å²) in [5, 5.41) is 7.33. The van der Waals surface area contributed by atoms with E-state index in [0.29, 0.717) is 31.0 Å². The molecule has 0 atom stereocenters. The zero-order valence-corrected chi connectivity index (χ0v) is 15.5. The number of carbonyl (C=O) groups excluding carboxylic acids is 2. The van der Waals surface area contributed by atoms with E-state index in [2.05, 4.69) is 10.4 Å². The van der Waals surface area contributed by atoms with Gasteiger partial charge in [-0.25, -0.2) is 0 Å². The van der Waals surface area contributed by atoms with Crippen molar-refractivity contribution in [1.29, 1.82) is 0 Å². The number of amides is 2. The molecule has 1 fully saturated rings. The standard InChI is InChI=1S/C21H22N4O3/c26-20(17-13-22-25(15-17)14-16-5-2-1-3-6-16)23-18-8-10-24(11-9-18)21(27)19-7-4-12-28-19/h1-7,12-13,15,18H,8-11,14H2,(H,23,26). The van der Waals surface area contributed by atoms with Gasteiger partial charge in [-0.05, 0) is 30.5 Å². The van der Waals surface area contributed by atoms with Gasteiger partial charge in [-0.1, -0.05) is 30.3 Å². The number of hydrogen-bond acceptors (Lipinski definition) is 4. The lowest BCUT2D eigenvalue weighted by atomic mass is 10.0. The highest BCUT2D eigenvalue weighted by molar-refractivity contribution is 5.94. The topological polar surface area (TPSA) is 80.4 Å². The molecule has 1 saturated heterocycles. The second-order valence-electron chi connectivity index (χ2n) is 6.93. The van der Waals surface area contributed by atoms with Gasteiger partial charge in [-0.15, -0.1) is 0 Å². The van der Waals surface area contributed by atoms with E-state index < -0.39 is 0 Å². The Labute approximate surface area is 162 Å². The average molecular weight is 378 g/mol. The summed E-state index contributed by atoms with van der Waals surface area (Å²) in [6.45, 7) is 1.82. The highest BCUT2D eigenvalue weighted by atomic mass is 16.3. The van der Waals surface area contributed by atoms with Crippen molar-refractivity contribution in [3.05, 3.63) is 78.0 Å². The van der Waals surface area contributed by atoms with E-state index in [9.17, 15) is 9.59 Å². The number of furan rings is 1. The van der Waals surface area contributed by atoms with Crippen LogP contribution in [0, 0.1) is 0 Å². The maximum absolute atomic E-state index is 12.5. The maximum Gasteiger partial charge on any atom is 0.289 e. The molecule has 2 aromatic heterocycles. The molecule has 1 aliphatic heterocycles. The molecule has 2 amide bonds. The number of likely N-dealkylation sites (tertiary alicyclic amines) is 1. The van der Waals surface area contributed by atoms with Gasteiger partial charge in [0.25, 0.3) is 11.8 Å². The Kier molecular flexibility index (Phi) is 5.23. The van der Waals surface area contributed by atoms with Crippen molar-refractivity contribution in [2.75, 3.05) is 13.1 Å². The molecule has 0 bridgehead atoms. The second kappa shape index (κ2) is 8.12. The number of benzene rings is 1. The number of carbonyl (C=O) groups is 2. The number of piperidine rings is 1. The van der Waals surface area contributed by atoms with Gasteiger partial charge in [0.1, 0.15) is 0 Å². The lowest BCUT2D eigenvalue weighted by Gasteiger charge is -2.31. The average Bonchev–Trinajstić information content (AvgIpc) is 3.41. The van der Waals surface area contributed by atoms with Gasteiger partial charge in [-0.3, -0.25) is 14.3 Å². The largest absolute Gasteiger partial charge is 0.459 e. The lowest BCUT2D eigenvalue weighted by molar-refractivity contribution is 0.0667. The molecule has 7 nitrogen and oxygen atoms in total. The predicted molar refractivity (Wildman–Crippen MR) is 103 cm³/mol. The minimum atomic E-state index is -0.130. The maximum atomic E-state index is 12.5. The molecule has 7 heteroatoms. The molecule has 28 heavy (non-hydrogen) atoms. The summed E-state index contributed by atoms with van der Waals surface area (Å²) < 4.78 is 6.93. The van der Waals surface area contributed by atoms with Crippen molar-refractivity contribution in [3.63, 3.8) is 0 Å². The summed E-state index contributed by atoms with van der Waals surface area (Å²) in [6.07, 6.45) is 6.29. The predicted octanol–water partition coefficient (Wildman–Crippen LogP) is 2.56. The van der Waals surface area contributed by atoms with Gasteiger partial charge in [0.05, 0.1) is 24.6 Å². The quantitative estimate of drug-likeness (QED) is 0.740. The third-order valence-electron chi connectivity index (χ3n) is 4.93. The van der Waals surface area contributed by atoms with Crippen LogP contribution in [0.5, 0.6) is 0 Å². The molecule has 3 aromatic rings. The number of aromatic nitrogens is 2. The number of nitrogens with one attached hydrogen (secondary N) is 1. The van der Waals surface area contributed by atoms with Crippen molar-refractivity contribution in [3.8, 4) is 0 Å². The van der Waals surface area contributed by atoms with E-state index in [1.807, 2.05) is 30.3 Å². The van der Waals surface area contributed by atoms with Crippen LogP contribution in [0.15, 0.2) is 65.5 Å². The van der Waals surface area contributed by atoms with E-state index in [4.69, 9.17) is 4.42 Å². The van der Waals surface area contributed by atoms with E-state index in [0.717, 1.165) is 18.4 Å². The van der Waals surface area contributed by atoms with Crippen LogP contribution in [-0.4, -0.2) is 45.6 Å². The molecule has 0 unspecified atom stereocenters. The van der Waals surface area contributed by atoms with Gasteiger partial charge in [0.2, 0.25) is 0 Å². The first-order valence-corrected chi connectivity index (χ1v) is 9.39. The molecular formula is C21H22N4O3. The summed E-state index contributed by atoms with van der Waals surface area (Å²) in [4.78, 5) is 26.6. The molecule has 1 N–H and O–H groups in total. The summed E-state index contributed by atoms with van der Waals surface area (Å²) in [5.41, 5.74) is 1.68. The third-order valence-corrected chi connectivity index (χ3v) is 4.93. The van der Waals surface area contributed by atoms with Crippen molar-refractivity contribution in [1.82, 2.24) is 20.0 Å². The van der Waals surface area contributed by atoms with E-state index >= 15 is 0 Å². The Morgan fingerprint density at radius 3 is 2.61 bits per heavy atom. The first kappa shape index (κ1) is 18.0. The summed E-state index contributed by atoms with van der Waals surface area (Å²) in [6, 6.07) is 13.4. The smallest absolute Gasteiger partial charge is 0.289 e. The van der Waals surface area contributed by atoms with E-state index in [1.54, 1.807) is 34.1 Å². The summed E-state index contributed by atoms with van der Waals surface area (Å²) in [5.74, 6) is 0.125. The third kappa shape index (κ3) is 4.14. The molecule has 1 aliphatic rings. The zero-order valence-electron chi connectivity index (χ0n) is 15.5. The fourth-order valence-electron chi connectivity index (χ4n) is 3.39. The zero-order chi connectivity index (χ0) is 19.3. The van der Waals surface area contributed by atoms with Crippen LogP contribution < -0.4 is 5.32 Å². The van der Waals surface area contributed by atoms with Crippen LogP contribution in [0.1, 0.15) is 39.3 Å². The fourth-order valence-corrected chi connectivity index (χ4v) is 3.39. The molecule has 3 heterocycles. The van der Waals surface area contributed by atoms with Gasteiger partial charge < -0.3 is 14.6 Å². The number of nitrogens with zero attached hydrogens (tertiary/aromatic N) is 3. The molecular weight excluding hydrogens is 356 g/mol. The van der Waals surface area contributed by atoms with Gasteiger partial charge in [0, 0.05) is 25.3 Å². The van der Waals surface area contributed by atoms with Crippen LogP contribution in [0.25, 0.3) is 0 Å². The van der Waals surface area contributed by atoms with E-state index in [1.165, 1.54) is 6.26 Å². The molecule has 4 rings (SSSR count). The van der Waals surface area contributed by atoms with Crippen LogP contribution in [-0.2, 0) is 6.54 Å². The molecule has 1 aromatic carbocycles.